The van der Waals surface area contributed by atoms with Crippen LogP contribution in [0.1, 0.15) is 132 Å². The molecule has 0 spiro atoms. The molecule has 160 valence electrons. The van der Waals surface area contributed by atoms with Gasteiger partial charge in [-0.05, 0) is 104 Å². The van der Waals surface area contributed by atoms with E-state index in [4.69, 9.17) is 0 Å². The summed E-state index contributed by atoms with van der Waals surface area (Å²) in [4.78, 5) is 0. The summed E-state index contributed by atoms with van der Waals surface area (Å²) in [6.07, 6.45) is 17.7. The smallest absolute Gasteiger partial charge is 0.101 e. The zero-order valence-corrected chi connectivity index (χ0v) is 19.1. The fraction of sp³-hybridized carbons (Fsp3) is 0.714. The predicted octanol–water partition coefficient (Wildman–Crippen LogP) is 7.90. The van der Waals surface area contributed by atoms with Crippen molar-refractivity contribution in [3.8, 4) is 12.1 Å². The van der Waals surface area contributed by atoms with Crippen LogP contribution < -0.4 is 0 Å². The zero-order chi connectivity index (χ0) is 21.2. The standard InChI is InChI=1S/C28H38N2/c1-3-5-21-6-8-22(9-7-21)23-10-11-26(25(20-30)24(23)19-29)28-16-13-27(12-4-2,14-17-28)15-18-28/h10-11,21-22H,3-9,12-18H2,1-2H3/t21-,22-,27?,28?. The molecule has 0 amide bonds. The number of hydrogen-bond donors (Lipinski definition) is 0. The number of rotatable bonds is 6. The second-order valence-electron chi connectivity index (χ2n) is 10.7. The second-order valence-corrected chi connectivity index (χ2v) is 10.7. The lowest BCUT2D eigenvalue weighted by Crippen LogP contribution is -2.44. The molecule has 2 heteroatoms. The van der Waals surface area contributed by atoms with Gasteiger partial charge in [-0.2, -0.15) is 10.5 Å². The molecule has 0 radical (unpaired) electrons. The van der Waals surface area contributed by atoms with Crippen molar-refractivity contribution in [2.45, 2.75) is 115 Å². The van der Waals surface area contributed by atoms with Gasteiger partial charge in [0, 0.05) is 0 Å². The Hall–Kier alpha value is -1.80. The lowest BCUT2D eigenvalue weighted by atomic mass is 9.50. The van der Waals surface area contributed by atoms with Gasteiger partial charge in [-0.15, -0.1) is 0 Å². The lowest BCUT2D eigenvalue weighted by Gasteiger charge is -2.54. The molecule has 30 heavy (non-hydrogen) atoms. The summed E-state index contributed by atoms with van der Waals surface area (Å²) in [6.45, 7) is 4.59. The Morgan fingerprint density at radius 1 is 0.833 bits per heavy atom. The number of hydrogen-bond acceptors (Lipinski definition) is 2. The van der Waals surface area contributed by atoms with E-state index in [-0.39, 0.29) is 5.41 Å². The molecule has 4 fully saturated rings. The average molecular weight is 403 g/mol. The largest absolute Gasteiger partial charge is 0.192 e. The zero-order valence-electron chi connectivity index (χ0n) is 19.1. The van der Waals surface area contributed by atoms with Gasteiger partial charge in [-0.3, -0.25) is 0 Å². The molecule has 4 aliphatic carbocycles. The van der Waals surface area contributed by atoms with Crippen LogP contribution in [0.3, 0.4) is 0 Å². The van der Waals surface area contributed by atoms with Crippen molar-refractivity contribution in [1.82, 2.24) is 0 Å². The number of benzene rings is 1. The first-order chi connectivity index (χ1) is 14.6. The fourth-order valence-corrected chi connectivity index (χ4v) is 7.38. The summed E-state index contributed by atoms with van der Waals surface area (Å²) in [5.41, 5.74) is 4.50. The molecule has 0 aliphatic heterocycles. The molecule has 0 aromatic heterocycles. The van der Waals surface area contributed by atoms with E-state index >= 15 is 0 Å². The Labute approximate surface area is 183 Å². The topological polar surface area (TPSA) is 47.6 Å². The fourth-order valence-electron chi connectivity index (χ4n) is 7.38. The highest BCUT2D eigenvalue weighted by atomic mass is 14.5. The lowest BCUT2D eigenvalue weighted by molar-refractivity contribution is 0.0319. The van der Waals surface area contributed by atoms with Gasteiger partial charge in [0.15, 0.2) is 0 Å². The SMILES string of the molecule is CCCC12CCC(c3ccc([C@H]4CC[C@H](CCC)CC4)c(C#N)c3C#N)(CC1)CC2. The average Bonchev–Trinajstić information content (AvgIpc) is 2.80. The first-order valence-electron chi connectivity index (χ1n) is 12.6. The van der Waals surface area contributed by atoms with Crippen molar-refractivity contribution >= 4 is 0 Å². The van der Waals surface area contributed by atoms with E-state index in [1.807, 2.05) is 0 Å². The molecule has 0 saturated heterocycles. The summed E-state index contributed by atoms with van der Waals surface area (Å²) < 4.78 is 0. The maximum absolute atomic E-state index is 10.2. The molecule has 0 N–H and O–H groups in total. The molecule has 1 aromatic carbocycles. The van der Waals surface area contributed by atoms with E-state index in [0.717, 1.165) is 17.0 Å². The first kappa shape index (κ1) is 21.4. The monoisotopic (exact) mass is 402 g/mol. The Bertz CT molecular complexity index is 820. The van der Waals surface area contributed by atoms with Crippen LogP contribution in [0, 0.1) is 34.0 Å². The van der Waals surface area contributed by atoms with Crippen LogP contribution >= 0.6 is 0 Å². The van der Waals surface area contributed by atoms with Crippen LogP contribution in [0.15, 0.2) is 12.1 Å². The van der Waals surface area contributed by atoms with E-state index in [0.29, 0.717) is 16.9 Å². The Kier molecular flexibility index (Phi) is 6.25. The summed E-state index contributed by atoms with van der Waals surface area (Å²) in [5, 5.41) is 20.2. The maximum Gasteiger partial charge on any atom is 0.101 e. The second kappa shape index (κ2) is 8.75. The van der Waals surface area contributed by atoms with Crippen LogP contribution in [-0.2, 0) is 5.41 Å². The molecule has 2 nitrogen and oxygen atoms in total. The third-order valence-corrected chi connectivity index (χ3v) is 9.20. The van der Waals surface area contributed by atoms with E-state index in [1.54, 1.807) is 0 Å². The van der Waals surface area contributed by atoms with Gasteiger partial charge >= 0.3 is 0 Å². The van der Waals surface area contributed by atoms with Crippen molar-refractivity contribution < 1.29 is 0 Å². The molecular formula is C28H38N2. The van der Waals surface area contributed by atoms with E-state index in [2.05, 4.69) is 38.1 Å². The molecule has 1 aromatic rings. The van der Waals surface area contributed by atoms with Gasteiger partial charge in [0.05, 0.1) is 11.1 Å². The van der Waals surface area contributed by atoms with Crippen LogP contribution in [0.5, 0.6) is 0 Å². The molecule has 0 heterocycles. The molecule has 4 aliphatic rings. The summed E-state index contributed by atoms with van der Waals surface area (Å²) in [6, 6.07) is 9.51. The molecule has 5 rings (SSSR count). The van der Waals surface area contributed by atoms with Crippen LogP contribution in [0.2, 0.25) is 0 Å². The number of nitriles is 2. The van der Waals surface area contributed by atoms with Gasteiger partial charge < -0.3 is 0 Å². The van der Waals surface area contributed by atoms with Crippen LogP contribution in [0.4, 0.5) is 0 Å². The minimum Gasteiger partial charge on any atom is -0.192 e. The quantitative estimate of drug-likeness (QED) is 0.485. The molecule has 0 unspecified atom stereocenters. The van der Waals surface area contributed by atoms with Gasteiger partial charge in [0.2, 0.25) is 0 Å². The molecule has 0 atom stereocenters. The van der Waals surface area contributed by atoms with Crippen molar-refractivity contribution in [1.29, 1.82) is 10.5 Å². The first-order valence-corrected chi connectivity index (χ1v) is 12.6. The van der Waals surface area contributed by atoms with E-state index in [1.165, 1.54) is 95.5 Å². The summed E-state index contributed by atoms with van der Waals surface area (Å²) in [5.74, 6) is 1.32. The number of fused-ring (bicyclic) bond motifs is 3. The highest BCUT2D eigenvalue weighted by molar-refractivity contribution is 5.58. The minimum absolute atomic E-state index is 0.142. The third kappa shape index (κ3) is 3.68. The summed E-state index contributed by atoms with van der Waals surface area (Å²) in [7, 11) is 0. The van der Waals surface area contributed by atoms with E-state index < -0.39 is 0 Å². The van der Waals surface area contributed by atoms with Crippen LogP contribution in [0.25, 0.3) is 0 Å². The Morgan fingerprint density at radius 3 is 2.00 bits per heavy atom. The highest BCUT2D eigenvalue weighted by Crippen LogP contribution is 2.60. The van der Waals surface area contributed by atoms with Crippen molar-refractivity contribution in [3.63, 3.8) is 0 Å². The number of nitrogens with zero attached hydrogens (tertiary/aromatic N) is 2. The normalized spacial score (nSPS) is 33.1. The Balaban J connectivity index is 1.62. The highest BCUT2D eigenvalue weighted by Gasteiger charge is 2.49. The van der Waals surface area contributed by atoms with Crippen LogP contribution in [-0.4, -0.2) is 0 Å². The minimum atomic E-state index is 0.142. The van der Waals surface area contributed by atoms with Gasteiger partial charge in [-0.25, -0.2) is 0 Å². The third-order valence-electron chi connectivity index (χ3n) is 9.20. The summed E-state index contributed by atoms with van der Waals surface area (Å²) >= 11 is 0. The molecule has 4 saturated carbocycles. The Morgan fingerprint density at radius 2 is 1.47 bits per heavy atom. The van der Waals surface area contributed by atoms with Gasteiger partial charge in [0.25, 0.3) is 0 Å². The molecule has 2 bridgehead atoms. The predicted molar refractivity (Wildman–Crippen MR) is 122 cm³/mol. The van der Waals surface area contributed by atoms with Gasteiger partial charge in [0.1, 0.15) is 12.1 Å². The van der Waals surface area contributed by atoms with Crippen molar-refractivity contribution in [3.05, 3.63) is 34.4 Å². The molecular weight excluding hydrogens is 364 g/mol. The maximum atomic E-state index is 10.2. The van der Waals surface area contributed by atoms with Crippen molar-refractivity contribution in [2.75, 3.05) is 0 Å². The van der Waals surface area contributed by atoms with Crippen molar-refractivity contribution in [2.24, 2.45) is 11.3 Å². The van der Waals surface area contributed by atoms with E-state index in [9.17, 15) is 10.5 Å². The van der Waals surface area contributed by atoms with Gasteiger partial charge in [-0.1, -0.05) is 45.2 Å².